The highest BCUT2D eigenvalue weighted by Crippen LogP contribution is 2.21. The van der Waals surface area contributed by atoms with Crippen molar-refractivity contribution in [2.24, 2.45) is 5.41 Å². The van der Waals surface area contributed by atoms with Crippen LogP contribution in [0.2, 0.25) is 0 Å². The molecule has 0 N–H and O–H groups in total. The first-order chi connectivity index (χ1) is 7.38. The van der Waals surface area contributed by atoms with Gasteiger partial charge in [-0.25, -0.2) is 0 Å². The number of likely N-dealkylation sites (N-methyl/N-ethyl adjacent to an activating group) is 1. The van der Waals surface area contributed by atoms with E-state index in [1.807, 2.05) is 4.90 Å². The second-order valence-electron chi connectivity index (χ2n) is 6.10. The fourth-order valence-electron chi connectivity index (χ4n) is 1.98. The fraction of sp³-hybridized carbons (Fsp3) is 0.923. The number of nitrogens with zero attached hydrogens (tertiary/aromatic N) is 2. The number of carbonyl (C=O) groups excluding carboxylic acids is 1. The lowest BCUT2D eigenvalue weighted by molar-refractivity contribution is -0.132. The Balaban J connectivity index is 2.20. The zero-order valence-electron chi connectivity index (χ0n) is 11.3. The highest BCUT2D eigenvalue weighted by atomic mass is 16.2. The second-order valence-corrected chi connectivity index (χ2v) is 6.10. The van der Waals surface area contributed by atoms with Crippen LogP contribution < -0.4 is 0 Å². The van der Waals surface area contributed by atoms with Crippen molar-refractivity contribution in [3.63, 3.8) is 0 Å². The quantitative estimate of drug-likeness (QED) is 0.734. The van der Waals surface area contributed by atoms with Crippen molar-refractivity contribution in [1.29, 1.82) is 0 Å². The minimum Gasteiger partial charge on any atom is -0.340 e. The topological polar surface area (TPSA) is 23.6 Å². The predicted molar refractivity (Wildman–Crippen MR) is 67.4 cm³/mol. The molecular weight excluding hydrogens is 200 g/mol. The molecule has 0 aliphatic carbocycles. The van der Waals surface area contributed by atoms with Crippen LogP contribution in [-0.2, 0) is 4.79 Å². The average molecular weight is 226 g/mol. The lowest BCUT2D eigenvalue weighted by Crippen LogP contribution is -2.47. The third-order valence-corrected chi connectivity index (χ3v) is 3.17. The number of piperazine rings is 1. The summed E-state index contributed by atoms with van der Waals surface area (Å²) in [6.45, 7) is 10.5. The van der Waals surface area contributed by atoms with Crippen molar-refractivity contribution in [3.8, 4) is 0 Å². The van der Waals surface area contributed by atoms with Gasteiger partial charge >= 0.3 is 0 Å². The van der Waals surface area contributed by atoms with Gasteiger partial charge in [-0.15, -0.1) is 0 Å². The molecule has 3 nitrogen and oxygen atoms in total. The molecule has 16 heavy (non-hydrogen) atoms. The number of carbonyl (C=O) groups is 1. The molecule has 3 heteroatoms. The summed E-state index contributed by atoms with van der Waals surface area (Å²) >= 11 is 0. The van der Waals surface area contributed by atoms with E-state index in [0.717, 1.165) is 45.4 Å². The SMILES string of the molecule is CN1CCN(C(=O)CCCC(C)(C)C)CC1. The molecule has 1 rings (SSSR count). The molecule has 0 unspecified atom stereocenters. The number of amides is 1. The maximum absolute atomic E-state index is 11.9. The van der Waals surface area contributed by atoms with E-state index in [1.54, 1.807) is 0 Å². The molecule has 0 bridgehead atoms. The summed E-state index contributed by atoms with van der Waals surface area (Å²) in [5.41, 5.74) is 0.350. The third kappa shape index (κ3) is 4.97. The zero-order valence-corrected chi connectivity index (χ0v) is 11.3. The minimum absolute atomic E-state index is 0.345. The van der Waals surface area contributed by atoms with Crippen LogP contribution in [0, 0.1) is 5.41 Å². The summed E-state index contributed by atoms with van der Waals surface area (Å²) in [7, 11) is 2.11. The molecule has 0 aromatic heterocycles. The Morgan fingerprint density at radius 3 is 2.19 bits per heavy atom. The number of hydrogen-bond acceptors (Lipinski definition) is 2. The van der Waals surface area contributed by atoms with Gasteiger partial charge < -0.3 is 9.80 Å². The monoisotopic (exact) mass is 226 g/mol. The lowest BCUT2D eigenvalue weighted by atomic mass is 9.90. The van der Waals surface area contributed by atoms with Gasteiger partial charge in [0.25, 0.3) is 0 Å². The first kappa shape index (κ1) is 13.5. The zero-order chi connectivity index (χ0) is 12.2. The van der Waals surface area contributed by atoms with Gasteiger partial charge in [-0.2, -0.15) is 0 Å². The van der Waals surface area contributed by atoms with Crippen LogP contribution in [0.3, 0.4) is 0 Å². The number of rotatable bonds is 3. The van der Waals surface area contributed by atoms with Crippen LogP contribution in [0.5, 0.6) is 0 Å². The van der Waals surface area contributed by atoms with Crippen LogP contribution in [0.15, 0.2) is 0 Å². The predicted octanol–water partition coefficient (Wildman–Crippen LogP) is 1.98. The Bertz CT molecular complexity index is 225. The maximum Gasteiger partial charge on any atom is 0.222 e. The number of hydrogen-bond donors (Lipinski definition) is 0. The van der Waals surface area contributed by atoms with Crippen molar-refractivity contribution in [2.75, 3.05) is 33.2 Å². The molecule has 1 amide bonds. The summed E-state index contributed by atoms with van der Waals surface area (Å²) in [5.74, 6) is 0.345. The second kappa shape index (κ2) is 5.67. The molecule has 0 aromatic rings. The van der Waals surface area contributed by atoms with Gasteiger partial charge in [0.2, 0.25) is 5.91 Å². The molecule has 1 aliphatic rings. The van der Waals surface area contributed by atoms with Crippen molar-refractivity contribution >= 4 is 5.91 Å². The molecule has 94 valence electrons. The summed E-state index contributed by atoms with van der Waals surface area (Å²) in [5, 5.41) is 0. The van der Waals surface area contributed by atoms with E-state index in [2.05, 4.69) is 32.7 Å². The molecule has 1 saturated heterocycles. The lowest BCUT2D eigenvalue weighted by Gasteiger charge is -2.32. The van der Waals surface area contributed by atoms with E-state index in [0.29, 0.717) is 11.3 Å². The Morgan fingerprint density at radius 2 is 1.69 bits per heavy atom. The minimum atomic E-state index is 0.345. The van der Waals surface area contributed by atoms with Crippen LogP contribution >= 0.6 is 0 Å². The van der Waals surface area contributed by atoms with E-state index in [4.69, 9.17) is 0 Å². The summed E-state index contributed by atoms with van der Waals surface area (Å²) in [6, 6.07) is 0. The highest BCUT2D eigenvalue weighted by molar-refractivity contribution is 5.76. The van der Waals surface area contributed by atoms with Crippen LogP contribution in [0.4, 0.5) is 0 Å². The molecule has 1 aliphatic heterocycles. The van der Waals surface area contributed by atoms with Gasteiger partial charge in [0.1, 0.15) is 0 Å². The molecule has 0 saturated carbocycles. The summed E-state index contributed by atoms with van der Waals surface area (Å²) in [4.78, 5) is 16.2. The Labute approximate surface area is 99.8 Å². The first-order valence-electron chi connectivity index (χ1n) is 6.35. The van der Waals surface area contributed by atoms with E-state index in [9.17, 15) is 4.79 Å². The van der Waals surface area contributed by atoms with E-state index in [1.165, 1.54) is 0 Å². The van der Waals surface area contributed by atoms with E-state index in [-0.39, 0.29) is 0 Å². The highest BCUT2D eigenvalue weighted by Gasteiger charge is 2.19. The van der Waals surface area contributed by atoms with Gasteiger partial charge in [0.05, 0.1) is 0 Å². The van der Waals surface area contributed by atoms with Crippen molar-refractivity contribution < 1.29 is 4.79 Å². The first-order valence-corrected chi connectivity index (χ1v) is 6.35. The van der Waals surface area contributed by atoms with Crippen LogP contribution in [0.1, 0.15) is 40.0 Å². The average Bonchev–Trinajstić information content (AvgIpc) is 2.16. The largest absolute Gasteiger partial charge is 0.340 e. The van der Waals surface area contributed by atoms with Gasteiger partial charge in [-0.05, 0) is 25.3 Å². The Morgan fingerprint density at radius 1 is 1.12 bits per heavy atom. The molecule has 0 radical (unpaired) electrons. The van der Waals surface area contributed by atoms with Crippen LogP contribution in [0.25, 0.3) is 0 Å². The maximum atomic E-state index is 11.9. The van der Waals surface area contributed by atoms with Crippen LogP contribution in [-0.4, -0.2) is 48.9 Å². The Hall–Kier alpha value is -0.570. The molecular formula is C13H26N2O. The van der Waals surface area contributed by atoms with Crippen molar-refractivity contribution in [3.05, 3.63) is 0 Å². The molecule has 0 atom stereocenters. The van der Waals surface area contributed by atoms with Crippen molar-refractivity contribution in [2.45, 2.75) is 40.0 Å². The standard InChI is InChI=1S/C13H26N2O/c1-13(2,3)7-5-6-12(16)15-10-8-14(4)9-11-15/h5-11H2,1-4H3. The Kier molecular flexibility index (Phi) is 4.78. The smallest absolute Gasteiger partial charge is 0.222 e. The van der Waals surface area contributed by atoms with Gasteiger partial charge in [-0.1, -0.05) is 20.8 Å². The molecule has 0 aromatic carbocycles. The van der Waals surface area contributed by atoms with Gasteiger partial charge in [0.15, 0.2) is 0 Å². The van der Waals surface area contributed by atoms with Gasteiger partial charge in [0, 0.05) is 32.6 Å². The fourth-order valence-corrected chi connectivity index (χ4v) is 1.98. The molecule has 1 fully saturated rings. The van der Waals surface area contributed by atoms with Gasteiger partial charge in [-0.3, -0.25) is 4.79 Å². The summed E-state index contributed by atoms with van der Waals surface area (Å²) < 4.78 is 0. The normalized spacial score (nSPS) is 18.9. The summed E-state index contributed by atoms with van der Waals surface area (Å²) in [6.07, 6.45) is 2.88. The molecule has 1 heterocycles. The molecule has 0 spiro atoms. The third-order valence-electron chi connectivity index (χ3n) is 3.17. The van der Waals surface area contributed by atoms with E-state index < -0.39 is 0 Å². The van der Waals surface area contributed by atoms with Crippen molar-refractivity contribution in [1.82, 2.24) is 9.80 Å². The van der Waals surface area contributed by atoms with E-state index >= 15 is 0 Å².